The number of para-hydroxylation sites is 2. The molecule has 0 spiro atoms. The second-order valence-corrected chi connectivity index (χ2v) is 20.5. The van der Waals surface area contributed by atoms with E-state index in [1.165, 1.54) is 118 Å². The van der Waals surface area contributed by atoms with Gasteiger partial charge in [-0.15, -0.1) is 11.3 Å². The summed E-state index contributed by atoms with van der Waals surface area (Å²) in [6, 6.07) is 91.7. The van der Waals surface area contributed by atoms with Gasteiger partial charge in [0.25, 0.3) is 0 Å². The molecular weight excluding hydrogens is 903 g/mol. The van der Waals surface area contributed by atoms with Crippen LogP contribution in [0.15, 0.2) is 249 Å². The minimum absolute atomic E-state index is 0.879. The van der Waals surface area contributed by atoms with Gasteiger partial charge in [-0.3, -0.25) is 4.57 Å². The third kappa shape index (κ3) is 6.02. The molecule has 4 aromatic heterocycles. The highest BCUT2D eigenvalue weighted by atomic mass is 32.1. The highest BCUT2D eigenvalue weighted by Crippen LogP contribution is 2.44. The van der Waals surface area contributed by atoms with Crippen molar-refractivity contribution in [2.45, 2.75) is 0 Å². The zero-order chi connectivity index (χ0) is 47.7. The Bertz CT molecular complexity index is 4850. The van der Waals surface area contributed by atoms with Crippen LogP contribution in [0.4, 0.5) is 0 Å². The van der Waals surface area contributed by atoms with Gasteiger partial charge in [0.05, 0.1) is 38.1 Å². The van der Waals surface area contributed by atoms with Crippen LogP contribution in [0, 0.1) is 0 Å². The average molecular weight is 944 g/mol. The van der Waals surface area contributed by atoms with Gasteiger partial charge >= 0.3 is 0 Å². The fourth-order valence-corrected chi connectivity index (χ4v) is 13.4. The molecule has 12 aromatic carbocycles. The van der Waals surface area contributed by atoms with E-state index in [1.54, 1.807) is 0 Å². The molecule has 0 aliphatic carbocycles. The van der Waals surface area contributed by atoms with Crippen molar-refractivity contribution in [3.05, 3.63) is 249 Å². The first-order valence-corrected chi connectivity index (χ1v) is 25.8. The summed E-state index contributed by atoms with van der Waals surface area (Å²) in [5.41, 5.74) is 12.6. The SMILES string of the molecule is c1ccc2c(c1)cc(-c1cc(-c3cc4ccccc4c4ccccc34)nc(-n3c4ccccc4c4cc(-c5ccc6c(c5)c5ccccc5n6-c5cccc6c5sc5ccccc56)ccc43)c1)c1ccccc12. The summed E-state index contributed by atoms with van der Waals surface area (Å²) in [4.78, 5) is 5.73. The number of hydrogen-bond donors (Lipinski definition) is 0. The van der Waals surface area contributed by atoms with E-state index < -0.39 is 0 Å². The lowest BCUT2D eigenvalue weighted by molar-refractivity contribution is 1.09. The zero-order valence-corrected chi connectivity index (χ0v) is 40.2. The van der Waals surface area contributed by atoms with Crippen LogP contribution in [-0.4, -0.2) is 14.1 Å². The van der Waals surface area contributed by atoms with Gasteiger partial charge in [-0.2, -0.15) is 0 Å². The first-order valence-electron chi connectivity index (χ1n) is 25.0. The number of nitrogens with zero attached hydrogens (tertiary/aromatic N) is 3. The normalized spacial score (nSPS) is 12.1. The van der Waals surface area contributed by atoms with Crippen molar-refractivity contribution in [2.75, 3.05) is 0 Å². The zero-order valence-electron chi connectivity index (χ0n) is 39.4. The molecule has 0 N–H and O–H groups in total. The molecule has 0 radical (unpaired) electrons. The van der Waals surface area contributed by atoms with Gasteiger partial charge in [0.15, 0.2) is 0 Å². The minimum atomic E-state index is 0.879. The van der Waals surface area contributed by atoms with E-state index >= 15 is 0 Å². The van der Waals surface area contributed by atoms with E-state index in [2.05, 4.69) is 258 Å². The first-order chi connectivity index (χ1) is 36.2. The Morgan fingerprint density at radius 2 is 0.767 bits per heavy atom. The van der Waals surface area contributed by atoms with Gasteiger partial charge in [0.2, 0.25) is 0 Å². The van der Waals surface area contributed by atoms with E-state index in [1.807, 2.05) is 11.3 Å². The van der Waals surface area contributed by atoms with Crippen LogP contribution in [0.3, 0.4) is 0 Å². The summed E-state index contributed by atoms with van der Waals surface area (Å²) in [7, 11) is 0. The topological polar surface area (TPSA) is 22.8 Å². The Balaban J connectivity index is 0.914. The molecule has 16 aromatic rings. The number of pyridine rings is 1. The Kier molecular flexibility index (Phi) is 8.62. The lowest BCUT2D eigenvalue weighted by atomic mass is 9.91. The lowest BCUT2D eigenvalue weighted by Gasteiger charge is -2.17. The molecule has 0 fully saturated rings. The summed E-state index contributed by atoms with van der Waals surface area (Å²) in [5.74, 6) is 0.879. The van der Waals surface area contributed by atoms with Gasteiger partial charge in [0.1, 0.15) is 5.82 Å². The number of aromatic nitrogens is 3. The molecule has 0 aliphatic heterocycles. The summed E-state index contributed by atoms with van der Waals surface area (Å²) >= 11 is 1.88. The average Bonchev–Trinajstić information content (AvgIpc) is 4.12. The van der Waals surface area contributed by atoms with E-state index in [9.17, 15) is 0 Å². The predicted molar refractivity (Wildman–Crippen MR) is 312 cm³/mol. The van der Waals surface area contributed by atoms with Gasteiger partial charge in [-0.1, -0.05) is 176 Å². The number of benzene rings is 12. The Hall–Kier alpha value is -9.35. The van der Waals surface area contributed by atoms with E-state index in [4.69, 9.17) is 4.98 Å². The molecule has 73 heavy (non-hydrogen) atoms. The highest BCUT2D eigenvalue weighted by Gasteiger charge is 2.21. The van der Waals surface area contributed by atoms with Crippen LogP contribution in [0.25, 0.3) is 152 Å². The molecule has 16 rings (SSSR count). The standard InChI is InChI=1S/C69H41N3S/c1-3-18-47-44(16-1)38-57(51-22-7-5-20-49(47)51)46-40-61(58-39-45-17-2-4-19-48(45)50-21-6-8-23-52(50)58)70-68(41-46)72-63-29-13-10-25-54(63)60-37-43(33-35-65(60)72)42-32-34-64-59(36-42)53-24-9-12-28-62(53)71(64)66-30-15-27-56-55-26-11-14-31-67(55)73-69(56)66/h1-41H. The van der Waals surface area contributed by atoms with E-state index in [0.29, 0.717) is 0 Å². The second-order valence-electron chi connectivity index (χ2n) is 19.4. The number of hydrogen-bond acceptors (Lipinski definition) is 2. The van der Waals surface area contributed by atoms with E-state index in [0.717, 1.165) is 33.7 Å². The molecule has 4 heteroatoms. The molecule has 0 amide bonds. The van der Waals surface area contributed by atoms with Gasteiger partial charge < -0.3 is 4.57 Å². The van der Waals surface area contributed by atoms with Crippen molar-refractivity contribution < 1.29 is 0 Å². The smallest absolute Gasteiger partial charge is 0.138 e. The molecule has 0 atom stereocenters. The van der Waals surface area contributed by atoms with E-state index in [-0.39, 0.29) is 0 Å². The molecule has 0 saturated carbocycles. The molecule has 0 bridgehead atoms. The number of rotatable bonds is 5. The molecular formula is C69H41N3S. The van der Waals surface area contributed by atoms with Crippen molar-refractivity contribution in [3.8, 4) is 45.0 Å². The quantitative estimate of drug-likeness (QED) is 0.158. The van der Waals surface area contributed by atoms with Crippen molar-refractivity contribution in [2.24, 2.45) is 0 Å². The van der Waals surface area contributed by atoms with Crippen LogP contribution in [0.5, 0.6) is 0 Å². The monoisotopic (exact) mass is 943 g/mol. The summed E-state index contributed by atoms with van der Waals surface area (Å²) in [6.07, 6.45) is 0. The maximum Gasteiger partial charge on any atom is 0.138 e. The largest absolute Gasteiger partial charge is 0.308 e. The first kappa shape index (κ1) is 40.4. The van der Waals surface area contributed by atoms with Crippen LogP contribution in [0.1, 0.15) is 0 Å². The molecule has 0 unspecified atom stereocenters. The lowest BCUT2D eigenvalue weighted by Crippen LogP contribution is -2.00. The third-order valence-electron chi connectivity index (χ3n) is 15.5. The number of thiophene rings is 1. The van der Waals surface area contributed by atoms with Gasteiger partial charge in [-0.25, -0.2) is 4.98 Å². The highest BCUT2D eigenvalue weighted by molar-refractivity contribution is 7.26. The van der Waals surface area contributed by atoms with Crippen LogP contribution >= 0.6 is 11.3 Å². The van der Waals surface area contributed by atoms with Crippen molar-refractivity contribution in [3.63, 3.8) is 0 Å². The van der Waals surface area contributed by atoms with Crippen molar-refractivity contribution in [1.82, 2.24) is 14.1 Å². The maximum atomic E-state index is 5.73. The fourth-order valence-electron chi connectivity index (χ4n) is 12.2. The molecule has 0 aliphatic rings. The van der Waals surface area contributed by atoms with Gasteiger partial charge in [-0.05, 0) is 138 Å². The minimum Gasteiger partial charge on any atom is -0.308 e. The predicted octanol–water partition coefficient (Wildman–Crippen LogP) is 19.3. The van der Waals surface area contributed by atoms with Crippen LogP contribution in [0.2, 0.25) is 0 Å². The maximum absolute atomic E-state index is 5.73. The van der Waals surface area contributed by atoms with Crippen LogP contribution < -0.4 is 0 Å². The second kappa shape index (κ2) is 15.6. The molecule has 3 nitrogen and oxygen atoms in total. The summed E-state index contributed by atoms with van der Waals surface area (Å²) < 4.78 is 7.48. The van der Waals surface area contributed by atoms with Crippen LogP contribution in [-0.2, 0) is 0 Å². The number of fused-ring (bicyclic) bond motifs is 15. The molecule has 338 valence electrons. The van der Waals surface area contributed by atoms with Crippen molar-refractivity contribution in [1.29, 1.82) is 0 Å². The molecule has 4 heterocycles. The van der Waals surface area contributed by atoms with Crippen molar-refractivity contribution >= 4 is 118 Å². The summed E-state index contributed by atoms with van der Waals surface area (Å²) in [6.45, 7) is 0. The summed E-state index contributed by atoms with van der Waals surface area (Å²) in [5, 5.41) is 17.3. The third-order valence-corrected chi connectivity index (χ3v) is 16.7. The Morgan fingerprint density at radius 1 is 0.288 bits per heavy atom. The molecule has 0 saturated heterocycles. The Morgan fingerprint density at radius 3 is 1.42 bits per heavy atom. The Labute approximate surface area is 423 Å². The fraction of sp³-hybridized carbons (Fsp3) is 0. The van der Waals surface area contributed by atoms with Gasteiger partial charge in [0, 0.05) is 42.6 Å².